The fraction of sp³-hybridized carbons (Fsp3) is 0.733. The first-order valence-electron chi connectivity index (χ1n) is 7.17. The van der Waals surface area contributed by atoms with Crippen LogP contribution in [0.1, 0.15) is 52.1 Å². The Morgan fingerprint density at radius 1 is 1.30 bits per heavy atom. The lowest BCUT2D eigenvalue weighted by Gasteiger charge is -2.22. The second-order valence-corrected chi connectivity index (χ2v) is 6.27. The summed E-state index contributed by atoms with van der Waals surface area (Å²) in [6.45, 7) is 12.8. The highest BCUT2D eigenvalue weighted by Gasteiger charge is 2.13. The highest BCUT2D eigenvalue weighted by atomic mass is 16.5. The molecule has 1 aromatic rings. The van der Waals surface area contributed by atoms with E-state index in [2.05, 4.69) is 55.2 Å². The first-order valence-corrected chi connectivity index (χ1v) is 7.17. The molecule has 0 aliphatic rings. The van der Waals surface area contributed by atoms with Gasteiger partial charge in [0.05, 0.1) is 24.2 Å². The van der Waals surface area contributed by atoms with Gasteiger partial charge in [-0.15, -0.1) is 0 Å². The molecule has 0 spiro atoms. The molecule has 0 unspecified atom stereocenters. The van der Waals surface area contributed by atoms with E-state index in [1.54, 1.807) is 7.11 Å². The Bertz CT molecular complexity index is 413. The van der Waals surface area contributed by atoms with Crippen LogP contribution in [0.25, 0.3) is 0 Å². The number of hydrogen-bond donors (Lipinski definition) is 2. The zero-order chi connectivity index (χ0) is 15.2. The molecule has 20 heavy (non-hydrogen) atoms. The summed E-state index contributed by atoms with van der Waals surface area (Å²) in [6.07, 6.45) is 1.87. The average molecular weight is 280 g/mol. The average Bonchev–Trinajstić information content (AvgIpc) is 2.36. The number of methoxy groups -OCH3 is 1. The highest BCUT2D eigenvalue weighted by molar-refractivity contribution is 5.46. The van der Waals surface area contributed by atoms with Gasteiger partial charge in [-0.05, 0) is 20.8 Å². The van der Waals surface area contributed by atoms with E-state index in [9.17, 15) is 0 Å². The summed E-state index contributed by atoms with van der Waals surface area (Å²) in [7, 11) is 1.70. The number of aromatic nitrogens is 2. The fourth-order valence-electron chi connectivity index (χ4n) is 1.63. The van der Waals surface area contributed by atoms with Gasteiger partial charge in [0.1, 0.15) is 5.82 Å². The van der Waals surface area contributed by atoms with Crippen molar-refractivity contribution >= 4 is 5.69 Å². The number of hydrogen-bond acceptors (Lipinski definition) is 5. The maximum atomic E-state index is 5.06. The number of anilines is 1. The molecule has 0 aliphatic carbocycles. The summed E-state index contributed by atoms with van der Waals surface area (Å²) < 4.78 is 5.06. The van der Waals surface area contributed by atoms with E-state index >= 15 is 0 Å². The van der Waals surface area contributed by atoms with Gasteiger partial charge in [-0.3, -0.25) is 0 Å². The zero-order valence-electron chi connectivity index (χ0n) is 13.6. The molecule has 114 valence electrons. The lowest BCUT2D eigenvalue weighted by molar-refractivity contribution is 0.210. The van der Waals surface area contributed by atoms with Crippen molar-refractivity contribution in [3.05, 3.63) is 17.7 Å². The molecule has 0 saturated heterocycles. The third kappa shape index (κ3) is 5.84. The Balaban J connectivity index is 2.85. The number of rotatable bonds is 7. The van der Waals surface area contributed by atoms with Crippen molar-refractivity contribution in [3.8, 4) is 0 Å². The van der Waals surface area contributed by atoms with Gasteiger partial charge in [0, 0.05) is 31.7 Å². The van der Waals surface area contributed by atoms with Gasteiger partial charge in [-0.25, -0.2) is 9.97 Å². The van der Waals surface area contributed by atoms with Crippen LogP contribution in [0.2, 0.25) is 0 Å². The lowest BCUT2D eigenvalue weighted by atomic mass is 10.1. The molecule has 0 aromatic carbocycles. The standard InChI is InChI=1S/C15H28N4O/c1-11(2)14-17-9-12(16-7-8-20-6)13(19-14)10-18-15(3,4)5/h9,11,16,18H,7-8,10H2,1-6H3. The molecule has 1 rings (SSSR count). The summed E-state index contributed by atoms with van der Waals surface area (Å²) in [5.41, 5.74) is 2.05. The molecule has 0 bridgehead atoms. The third-order valence-electron chi connectivity index (χ3n) is 2.81. The van der Waals surface area contributed by atoms with Gasteiger partial charge in [0.15, 0.2) is 0 Å². The monoisotopic (exact) mass is 280 g/mol. The molecule has 1 heterocycles. The van der Waals surface area contributed by atoms with Crippen molar-refractivity contribution in [1.82, 2.24) is 15.3 Å². The minimum absolute atomic E-state index is 0.0622. The first-order chi connectivity index (χ1) is 9.33. The molecule has 5 nitrogen and oxygen atoms in total. The zero-order valence-corrected chi connectivity index (χ0v) is 13.6. The van der Waals surface area contributed by atoms with Crippen molar-refractivity contribution < 1.29 is 4.74 Å². The van der Waals surface area contributed by atoms with Crippen LogP contribution in [0.15, 0.2) is 6.20 Å². The van der Waals surface area contributed by atoms with Crippen LogP contribution >= 0.6 is 0 Å². The smallest absolute Gasteiger partial charge is 0.131 e. The maximum absolute atomic E-state index is 5.06. The van der Waals surface area contributed by atoms with E-state index in [4.69, 9.17) is 4.74 Å². The molecule has 2 N–H and O–H groups in total. The van der Waals surface area contributed by atoms with Gasteiger partial charge in [0.2, 0.25) is 0 Å². The fourth-order valence-corrected chi connectivity index (χ4v) is 1.63. The topological polar surface area (TPSA) is 59.1 Å². The Morgan fingerprint density at radius 3 is 2.55 bits per heavy atom. The Labute approximate surface area is 122 Å². The normalized spacial score (nSPS) is 11.9. The lowest BCUT2D eigenvalue weighted by Crippen LogP contribution is -2.35. The van der Waals surface area contributed by atoms with E-state index in [1.807, 2.05) is 6.20 Å². The summed E-state index contributed by atoms with van der Waals surface area (Å²) in [5.74, 6) is 1.21. The number of nitrogens with zero attached hydrogens (tertiary/aromatic N) is 2. The van der Waals surface area contributed by atoms with E-state index in [1.165, 1.54) is 0 Å². The molecular weight excluding hydrogens is 252 g/mol. The van der Waals surface area contributed by atoms with Crippen LogP contribution in [-0.2, 0) is 11.3 Å². The van der Waals surface area contributed by atoms with Gasteiger partial charge in [-0.1, -0.05) is 13.8 Å². The largest absolute Gasteiger partial charge is 0.383 e. The summed E-state index contributed by atoms with van der Waals surface area (Å²) in [5, 5.41) is 6.80. The molecule has 0 radical (unpaired) electrons. The molecule has 0 saturated carbocycles. The van der Waals surface area contributed by atoms with Crippen molar-refractivity contribution in [1.29, 1.82) is 0 Å². The van der Waals surface area contributed by atoms with Crippen molar-refractivity contribution in [2.75, 3.05) is 25.6 Å². The Hall–Kier alpha value is -1.20. The molecule has 1 aromatic heterocycles. The quantitative estimate of drug-likeness (QED) is 0.752. The summed E-state index contributed by atoms with van der Waals surface area (Å²) in [4.78, 5) is 9.10. The van der Waals surface area contributed by atoms with Crippen LogP contribution < -0.4 is 10.6 Å². The van der Waals surface area contributed by atoms with E-state index in [-0.39, 0.29) is 5.54 Å². The minimum atomic E-state index is 0.0622. The molecular formula is C15H28N4O. The predicted molar refractivity (Wildman–Crippen MR) is 83.1 cm³/mol. The molecule has 0 fully saturated rings. The highest BCUT2D eigenvalue weighted by Crippen LogP contribution is 2.17. The first kappa shape index (κ1) is 16.9. The van der Waals surface area contributed by atoms with Gasteiger partial charge < -0.3 is 15.4 Å². The van der Waals surface area contributed by atoms with Crippen LogP contribution in [-0.4, -0.2) is 35.8 Å². The van der Waals surface area contributed by atoms with Crippen LogP contribution in [0.5, 0.6) is 0 Å². The summed E-state index contributed by atoms with van der Waals surface area (Å²) in [6, 6.07) is 0. The van der Waals surface area contributed by atoms with Crippen molar-refractivity contribution in [2.24, 2.45) is 0 Å². The molecule has 0 amide bonds. The van der Waals surface area contributed by atoms with Crippen molar-refractivity contribution in [2.45, 2.75) is 52.6 Å². The minimum Gasteiger partial charge on any atom is -0.383 e. The number of ether oxygens (including phenoxy) is 1. The predicted octanol–water partition coefficient (Wildman–Crippen LogP) is 2.55. The van der Waals surface area contributed by atoms with E-state index in [0.29, 0.717) is 12.5 Å². The molecule has 0 aliphatic heterocycles. The van der Waals surface area contributed by atoms with E-state index in [0.717, 1.165) is 30.3 Å². The van der Waals surface area contributed by atoms with Gasteiger partial charge in [0.25, 0.3) is 0 Å². The molecule has 5 heteroatoms. The van der Waals surface area contributed by atoms with Crippen molar-refractivity contribution in [3.63, 3.8) is 0 Å². The van der Waals surface area contributed by atoms with Gasteiger partial charge >= 0.3 is 0 Å². The Kier molecular flexibility index (Phi) is 6.36. The molecule has 0 atom stereocenters. The second kappa shape index (κ2) is 7.55. The van der Waals surface area contributed by atoms with Crippen LogP contribution in [0.3, 0.4) is 0 Å². The van der Waals surface area contributed by atoms with Crippen LogP contribution in [0.4, 0.5) is 5.69 Å². The van der Waals surface area contributed by atoms with E-state index < -0.39 is 0 Å². The Morgan fingerprint density at radius 2 is 2.00 bits per heavy atom. The maximum Gasteiger partial charge on any atom is 0.131 e. The second-order valence-electron chi connectivity index (χ2n) is 6.27. The van der Waals surface area contributed by atoms with Crippen LogP contribution in [0, 0.1) is 0 Å². The third-order valence-corrected chi connectivity index (χ3v) is 2.81. The number of nitrogens with one attached hydrogen (secondary N) is 2. The summed E-state index contributed by atoms with van der Waals surface area (Å²) >= 11 is 0. The van der Waals surface area contributed by atoms with Gasteiger partial charge in [-0.2, -0.15) is 0 Å². The SMILES string of the molecule is COCCNc1cnc(C(C)C)nc1CNC(C)(C)C.